The number of fused-ring (bicyclic) bond motifs is 5. The summed E-state index contributed by atoms with van der Waals surface area (Å²) in [4.78, 5) is 112. The molecule has 5 aromatic rings. The molecule has 21 nitrogen and oxygen atoms in total. The lowest BCUT2D eigenvalue weighted by atomic mass is 10.1. The van der Waals surface area contributed by atoms with E-state index >= 15 is 0 Å². The van der Waals surface area contributed by atoms with Gasteiger partial charge in [-0.15, -0.1) is 0 Å². The van der Waals surface area contributed by atoms with Crippen LogP contribution in [-0.4, -0.2) is 125 Å². The number of carbonyl (C=O) groups is 8. The summed E-state index contributed by atoms with van der Waals surface area (Å²) in [5, 5.41) is 14.1. The molecule has 0 saturated heterocycles. The first-order valence-electron chi connectivity index (χ1n) is 27.0. The Balaban J connectivity index is 0.931. The maximum Gasteiger partial charge on any atom is 0.261 e. The van der Waals surface area contributed by atoms with Crippen molar-refractivity contribution < 1.29 is 57.3 Å². The van der Waals surface area contributed by atoms with Crippen LogP contribution < -0.4 is 55.3 Å². The lowest BCUT2D eigenvalue weighted by Gasteiger charge is -2.22. The van der Waals surface area contributed by atoms with E-state index in [1.807, 2.05) is 54.6 Å². The first-order valence-corrected chi connectivity index (χ1v) is 27.0. The van der Waals surface area contributed by atoms with Crippen LogP contribution in [0.3, 0.4) is 0 Å². The molecule has 0 aromatic heterocycles. The lowest BCUT2D eigenvalue weighted by molar-refractivity contribution is -0.130. The number of aldehydes is 1. The summed E-state index contributed by atoms with van der Waals surface area (Å²) >= 11 is 0. The summed E-state index contributed by atoms with van der Waals surface area (Å²) in [5.74, 6) is -1.33. The fourth-order valence-electron chi connectivity index (χ4n) is 9.84. The largest absolute Gasteiger partial charge is 0.493 e. The highest BCUT2D eigenvalue weighted by Gasteiger charge is 2.37. The minimum Gasteiger partial charge on any atom is -0.493 e. The molecule has 0 spiro atoms. The number of benzene rings is 5. The molecule has 5 N–H and O–H groups in total. The molecule has 0 radical (unpaired) electrons. The minimum atomic E-state index is -1.06. The number of rotatable bonds is 25. The van der Waals surface area contributed by atoms with Gasteiger partial charge in [-0.2, -0.15) is 0 Å². The van der Waals surface area contributed by atoms with E-state index in [0.717, 1.165) is 41.1 Å². The average Bonchev–Trinajstić information content (AvgIpc) is 4.12. The van der Waals surface area contributed by atoms with Crippen LogP contribution in [0, 0.1) is 0 Å². The van der Waals surface area contributed by atoms with Crippen LogP contribution in [0.1, 0.15) is 82.5 Å². The molecular weight excluding hydrogens is 1050 g/mol. The van der Waals surface area contributed by atoms with E-state index in [0.29, 0.717) is 94.4 Å². The second-order valence-corrected chi connectivity index (χ2v) is 19.9. The number of allylic oxidation sites excluding steroid dienone is 1. The van der Waals surface area contributed by atoms with Crippen molar-refractivity contribution in [1.29, 1.82) is 0 Å². The topological polar surface area (TPSA) is 256 Å². The summed E-state index contributed by atoms with van der Waals surface area (Å²) in [7, 11) is 6.24. The molecule has 21 heteroatoms. The number of nitrogens with one attached hydrogen (secondary N) is 5. The van der Waals surface area contributed by atoms with Gasteiger partial charge in [-0.3, -0.25) is 48.2 Å². The van der Waals surface area contributed by atoms with Gasteiger partial charge in [-0.05, 0) is 104 Å². The Bertz CT molecular complexity index is 3320. The van der Waals surface area contributed by atoms with Crippen LogP contribution in [0.15, 0.2) is 108 Å². The van der Waals surface area contributed by atoms with Gasteiger partial charge >= 0.3 is 0 Å². The Morgan fingerprint density at radius 2 is 1.41 bits per heavy atom. The van der Waals surface area contributed by atoms with Crippen LogP contribution in [0.5, 0.6) is 23.0 Å². The predicted molar refractivity (Wildman–Crippen MR) is 310 cm³/mol. The third-order valence-electron chi connectivity index (χ3n) is 14.2. The Labute approximate surface area is 475 Å². The fraction of sp³-hybridized carbons (Fsp3) is 0.328. The summed E-state index contributed by atoms with van der Waals surface area (Å²) in [6.07, 6.45) is 6.86. The number of ether oxygens (including phenoxy) is 4. The maximum absolute atomic E-state index is 14.1. The molecule has 7 amide bonds. The first kappa shape index (κ1) is 58.6. The van der Waals surface area contributed by atoms with E-state index in [9.17, 15) is 38.4 Å². The van der Waals surface area contributed by atoms with Gasteiger partial charge in [0.05, 0.1) is 42.8 Å². The smallest absolute Gasteiger partial charge is 0.261 e. The molecule has 3 unspecified atom stereocenters. The van der Waals surface area contributed by atoms with Crippen molar-refractivity contribution in [2.24, 2.45) is 4.99 Å². The SMILES string of the molecule is CNc1cc(OCc2cc(COc3cc4c(cc3OC)C(=O)N3c5ccccc5CC3C=N4)cc(NC(=O)C(C)NC(=O)C(C)NC(=O)CCCCC(=O)NCCN(C)C(=O)/C=C\C=O)c2)c(OC)cc1C(=O)N1CCc2ccccc21. The minimum absolute atomic E-state index is 0.0380. The monoisotopic (exact) mass is 1120 g/mol. The molecule has 0 bridgehead atoms. The van der Waals surface area contributed by atoms with E-state index in [2.05, 4.69) is 26.6 Å². The molecule has 3 heterocycles. The number of methoxy groups -OCH3 is 2. The van der Waals surface area contributed by atoms with Crippen molar-refractivity contribution >= 4 is 82.3 Å². The van der Waals surface area contributed by atoms with E-state index in [1.54, 1.807) is 66.5 Å². The lowest BCUT2D eigenvalue weighted by Crippen LogP contribution is -2.50. The van der Waals surface area contributed by atoms with E-state index in [-0.39, 0.29) is 68.8 Å². The standard InChI is InChI=1S/C61H67N9O12/c1-37(65-56(73)19-12-11-18-55(72)63-22-24-68(4)57(74)20-13-25-71)58(75)66-38(2)59(76)67-43-27-39(35-81-53-32-47(62-3)45(30-51(53)79-5)60(77)69-23-21-41-14-7-9-16-49(41)69)26-40(28-43)36-82-54-33-48-46(31-52(54)80-6)61(78)70-44(34-64-48)29-42-15-8-10-17-50(42)70/h7-10,13-17,20,25-28,30-34,37-38,44,62H,11-12,18-19,21-24,29,35-36H2,1-6H3,(H,63,72)(H,65,73)(H,66,75)(H,67,76)/b20-13-. The average molecular weight is 1120 g/mol. The highest BCUT2D eigenvalue weighted by atomic mass is 16.5. The van der Waals surface area contributed by atoms with Gasteiger partial charge in [0.25, 0.3) is 11.8 Å². The van der Waals surface area contributed by atoms with Gasteiger partial charge < -0.3 is 55.3 Å². The zero-order valence-electron chi connectivity index (χ0n) is 46.7. The van der Waals surface area contributed by atoms with Crippen LogP contribution in [0.25, 0.3) is 0 Å². The third-order valence-corrected chi connectivity index (χ3v) is 14.2. The number of likely N-dealkylation sites (N-methyl/N-ethyl adjacent to an activating group) is 1. The molecule has 0 fully saturated rings. The molecule has 0 aliphatic carbocycles. The number of hydrogen-bond donors (Lipinski definition) is 5. The number of hydrogen-bond acceptors (Lipinski definition) is 14. The molecule has 0 saturated carbocycles. The zero-order chi connectivity index (χ0) is 58.5. The Hall–Kier alpha value is -9.53. The predicted octanol–water partition coefficient (Wildman–Crippen LogP) is 6.23. The van der Waals surface area contributed by atoms with E-state index < -0.39 is 29.8 Å². The number of amides is 7. The van der Waals surface area contributed by atoms with Gasteiger partial charge in [0.2, 0.25) is 29.5 Å². The van der Waals surface area contributed by atoms with Gasteiger partial charge in [0, 0.05) is 94.5 Å². The number of aliphatic imine (C=N–C) groups is 1. The second kappa shape index (κ2) is 27.1. The fourth-order valence-corrected chi connectivity index (χ4v) is 9.84. The van der Waals surface area contributed by atoms with Gasteiger partial charge in [-0.1, -0.05) is 36.4 Å². The van der Waals surface area contributed by atoms with Gasteiger partial charge in [0.15, 0.2) is 23.0 Å². The summed E-state index contributed by atoms with van der Waals surface area (Å²) in [5.41, 5.74) is 7.06. The van der Waals surface area contributed by atoms with Gasteiger partial charge in [0.1, 0.15) is 31.6 Å². The molecule has 3 atom stereocenters. The molecule has 8 rings (SSSR count). The molecule has 3 aliphatic rings. The third kappa shape index (κ3) is 14.1. The number of unbranched alkanes of at least 4 members (excludes halogenated alkanes) is 1. The second-order valence-electron chi connectivity index (χ2n) is 19.9. The Morgan fingerprint density at radius 3 is 2.11 bits per heavy atom. The van der Waals surface area contributed by atoms with Crippen molar-refractivity contribution in [3.8, 4) is 23.0 Å². The van der Waals surface area contributed by atoms with Crippen LogP contribution in [0.4, 0.5) is 28.4 Å². The van der Waals surface area contributed by atoms with Crippen molar-refractivity contribution in [3.63, 3.8) is 0 Å². The summed E-state index contributed by atoms with van der Waals surface area (Å²) < 4.78 is 24.4. The van der Waals surface area contributed by atoms with Crippen molar-refractivity contribution in [2.45, 2.75) is 83.7 Å². The number of para-hydroxylation sites is 2. The molecular formula is C61H67N9O12. The van der Waals surface area contributed by atoms with E-state index in [1.165, 1.54) is 33.0 Å². The number of anilines is 4. The normalized spacial score (nSPS) is 14.5. The van der Waals surface area contributed by atoms with E-state index in [4.69, 9.17) is 23.9 Å². The molecule has 428 valence electrons. The van der Waals surface area contributed by atoms with Gasteiger partial charge in [-0.25, -0.2) is 0 Å². The Kier molecular flexibility index (Phi) is 19.4. The van der Waals surface area contributed by atoms with Crippen molar-refractivity contribution in [3.05, 3.63) is 137 Å². The highest BCUT2D eigenvalue weighted by Crippen LogP contribution is 2.42. The van der Waals surface area contributed by atoms with Crippen molar-refractivity contribution in [1.82, 2.24) is 20.9 Å². The quantitative estimate of drug-likeness (QED) is 0.0247. The summed E-state index contributed by atoms with van der Waals surface area (Å²) in [6, 6.07) is 25.2. The van der Waals surface area contributed by atoms with Crippen LogP contribution >= 0.6 is 0 Å². The van der Waals surface area contributed by atoms with Crippen molar-refractivity contribution in [2.75, 3.05) is 68.4 Å². The molecule has 5 aromatic carbocycles. The zero-order valence-corrected chi connectivity index (χ0v) is 46.7. The summed E-state index contributed by atoms with van der Waals surface area (Å²) in [6.45, 7) is 3.92. The number of nitrogens with zero attached hydrogens (tertiary/aromatic N) is 4. The molecule has 82 heavy (non-hydrogen) atoms. The molecule has 3 aliphatic heterocycles. The van der Waals surface area contributed by atoms with Crippen LogP contribution in [0.2, 0.25) is 0 Å². The van der Waals surface area contributed by atoms with Crippen LogP contribution in [-0.2, 0) is 54.8 Å². The number of carbonyl (C=O) groups excluding carboxylic acids is 8. The first-order chi connectivity index (χ1) is 39.6. The Morgan fingerprint density at radius 1 is 0.768 bits per heavy atom. The highest BCUT2D eigenvalue weighted by molar-refractivity contribution is 6.15. The maximum atomic E-state index is 14.1.